The van der Waals surface area contributed by atoms with Crippen molar-refractivity contribution >= 4 is 11.3 Å². The van der Waals surface area contributed by atoms with Gasteiger partial charge < -0.3 is 5.11 Å². The Labute approximate surface area is 86.9 Å². The van der Waals surface area contributed by atoms with E-state index in [9.17, 15) is 5.11 Å². The van der Waals surface area contributed by atoms with Crippen LogP contribution in [0.1, 0.15) is 22.1 Å². The van der Waals surface area contributed by atoms with Gasteiger partial charge in [-0.1, -0.05) is 6.07 Å². The molecule has 1 unspecified atom stereocenters. The van der Waals surface area contributed by atoms with E-state index in [2.05, 4.69) is 4.98 Å². The van der Waals surface area contributed by atoms with E-state index < -0.39 is 6.10 Å². The molecule has 0 saturated heterocycles. The molecule has 0 aliphatic heterocycles. The molecule has 2 aromatic rings. The van der Waals surface area contributed by atoms with Gasteiger partial charge in [-0.2, -0.15) is 0 Å². The minimum atomic E-state index is -0.516. The Bertz CT molecular complexity index is 411. The molecule has 0 spiro atoms. The lowest BCUT2D eigenvalue weighted by atomic mass is 10.1. The van der Waals surface area contributed by atoms with Crippen molar-refractivity contribution in [2.75, 3.05) is 0 Å². The Morgan fingerprint density at radius 1 is 1.43 bits per heavy atom. The van der Waals surface area contributed by atoms with Crippen LogP contribution in [0, 0.1) is 6.92 Å². The van der Waals surface area contributed by atoms with Gasteiger partial charge in [-0.3, -0.25) is 4.98 Å². The highest BCUT2D eigenvalue weighted by Crippen LogP contribution is 2.27. The van der Waals surface area contributed by atoms with Gasteiger partial charge in [0.15, 0.2) is 0 Å². The number of hydrogen-bond donors (Lipinski definition) is 1. The van der Waals surface area contributed by atoms with Crippen molar-refractivity contribution < 1.29 is 5.11 Å². The van der Waals surface area contributed by atoms with E-state index in [0.717, 1.165) is 16.0 Å². The van der Waals surface area contributed by atoms with Gasteiger partial charge in [0.2, 0.25) is 0 Å². The molecule has 0 amide bonds. The van der Waals surface area contributed by atoms with Crippen molar-refractivity contribution in [3.63, 3.8) is 0 Å². The fourth-order valence-electron chi connectivity index (χ4n) is 1.39. The number of rotatable bonds is 2. The summed E-state index contributed by atoms with van der Waals surface area (Å²) in [4.78, 5) is 4.97. The van der Waals surface area contributed by atoms with Crippen LogP contribution in [0.3, 0.4) is 0 Å². The van der Waals surface area contributed by atoms with Gasteiger partial charge in [0.25, 0.3) is 0 Å². The van der Waals surface area contributed by atoms with Crippen LogP contribution in [0.15, 0.2) is 36.0 Å². The number of aryl methyl sites for hydroxylation is 1. The van der Waals surface area contributed by atoms with Crippen molar-refractivity contribution in [3.8, 4) is 0 Å². The van der Waals surface area contributed by atoms with Gasteiger partial charge in [0.1, 0.15) is 6.10 Å². The van der Waals surface area contributed by atoms with Gasteiger partial charge in [-0.15, -0.1) is 11.3 Å². The Morgan fingerprint density at radius 2 is 2.29 bits per heavy atom. The van der Waals surface area contributed by atoms with Gasteiger partial charge in [-0.05, 0) is 35.6 Å². The topological polar surface area (TPSA) is 33.1 Å². The average Bonchev–Trinajstić information content (AvgIpc) is 2.70. The van der Waals surface area contributed by atoms with Crippen LogP contribution in [0.2, 0.25) is 0 Å². The van der Waals surface area contributed by atoms with E-state index in [0.29, 0.717) is 0 Å². The van der Waals surface area contributed by atoms with Crippen molar-refractivity contribution in [2.45, 2.75) is 13.0 Å². The van der Waals surface area contributed by atoms with Gasteiger partial charge in [0.05, 0.1) is 0 Å². The summed E-state index contributed by atoms with van der Waals surface area (Å²) in [6.07, 6.45) is 2.96. The van der Waals surface area contributed by atoms with Crippen molar-refractivity contribution in [1.82, 2.24) is 4.98 Å². The van der Waals surface area contributed by atoms with Crippen LogP contribution in [0.4, 0.5) is 0 Å². The number of thiophene rings is 1. The quantitative estimate of drug-likeness (QED) is 0.817. The molecule has 0 radical (unpaired) electrons. The number of pyridine rings is 1. The molecule has 14 heavy (non-hydrogen) atoms. The minimum Gasteiger partial charge on any atom is -0.383 e. The molecule has 0 aromatic carbocycles. The average molecular weight is 205 g/mol. The fourth-order valence-corrected chi connectivity index (χ4v) is 2.12. The Kier molecular flexibility index (Phi) is 2.61. The third-order valence-electron chi connectivity index (χ3n) is 2.17. The zero-order valence-corrected chi connectivity index (χ0v) is 8.66. The van der Waals surface area contributed by atoms with E-state index in [1.165, 1.54) is 0 Å². The molecule has 2 heterocycles. The van der Waals surface area contributed by atoms with Gasteiger partial charge in [0, 0.05) is 17.3 Å². The molecule has 1 atom stereocenters. The van der Waals surface area contributed by atoms with E-state index in [1.54, 1.807) is 23.7 Å². The predicted molar refractivity (Wildman–Crippen MR) is 57.4 cm³/mol. The van der Waals surface area contributed by atoms with Crippen LogP contribution in [-0.4, -0.2) is 10.1 Å². The highest BCUT2D eigenvalue weighted by atomic mass is 32.1. The van der Waals surface area contributed by atoms with Crippen molar-refractivity contribution in [2.24, 2.45) is 0 Å². The maximum Gasteiger partial charge on any atom is 0.114 e. The lowest BCUT2D eigenvalue weighted by Gasteiger charge is -2.10. The number of hydrogen-bond acceptors (Lipinski definition) is 3. The molecule has 0 saturated carbocycles. The molecule has 3 heteroatoms. The lowest BCUT2D eigenvalue weighted by Crippen LogP contribution is -1.99. The highest BCUT2D eigenvalue weighted by Gasteiger charge is 2.12. The van der Waals surface area contributed by atoms with E-state index >= 15 is 0 Å². The molecule has 1 N–H and O–H groups in total. The number of aliphatic hydroxyl groups excluding tert-OH is 1. The monoisotopic (exact) mass is 205 g/mol. The SMILES string of the molecule is Cc1cnccc1C(O)c1cccs1. The van der Waals surface area contributed by atoms with E-state index in [4.69, 9.17) is 0 Å². The van der Waals surface area contributed by atoms with Crippen LogP contribution < -0.4 is 0 Å². The van der Waals surface area contributed by atoms with Gasteiger partial charge >= 0.3 is 0 Å². The summed E-state index contributed by atoms with van der Waals surface area (Å²) >= 11 is 1.56. The molecule has 0 aliphatic rings. The third-order valence-corrected chi connectivity index (χ3v) is 3.10. The maximum atomic E-state index is 10.0. The minimum absolute atomic E-state index is 0.516. The smallest absolute Gasteiger partial charge is 0.114 e. The molecule has 0 bridgehead atoms. The van der Waals surface area contributed by atoms with Crippen LogP contribution in [0.5, 0.6) is 0 Å². The summed E-state index contributed by atoms with van der Waals surface area (Å²) in [5.74, 6) is 0. The molecule has 0 fully saturated rings. The fraction of sp³-hybridized carbons (Fsp3) is 0.182. The first kappa shape index (κ1) is 9.37. The summed E-state index contributed by atoms with van der Waals surface area (Å²) in [5.41, 5.74) is 1.95. The number of aromatic nitrogens is 1. The molecule has 2 aromatic heterocycles. The largest absolute Gasteiger partial charge is 0.383 e. The predicted octanol–water partition coefficient (Wildman–Crippen LogP) is 2.53. The number of nitrogens with zero attached hydrogens (tertiary/aromatic N) is 1. The lowest BCUT2D eigenvalue weighted by molar-refractivity contribution is 0.223. The summed E-state index contributed by atoms with van der Waals surface area (Å²) in [7, 11) is 0. The number of aliphatic hydroxyl groups is 1. The Balaban J connectivity index is 2.37. The standard InChI is InChI=1S/C11H11NOS/c1-8-7-12-5-4-9(8)11(13)10-3-2-6-14-10/h2-7,11,13H,1H3. The van der Waals surface area contributed by atoms with Crippen LogP contribution in [0.25, 0.3) is 0 Å². The second-order valence-electron chi connectivity index (χ2n) is 3.15. The zero-order chi connectivity index (χ0) is 9.97. The molecule has 72 valence electrons. The Morgan fingerprint density at radius 3 is 2.93 bits per heavy atom. The Hall–Kier alpha value is -1.19. The van der Waals surface area contributed by atoms with E-state index in [-0.39, 0.29) is 0 Å². The first-order valence-electron chi connectivity index (χ1n) is 4.41. The molecule has 2 rings (SSSR count). The first-order chi connectivity index (χ1) is 6.79. The summed E-state index contributed by atoms with van der Waals surface area (Å²) in [6.45, 7) is 1.96. The third kappa shape index (κ3) is 1.69. The first-order valence-corrected chi connectivity index (χ1v) is 5.29. The molecule has 2 nitrogen and oxygen atoms in total. The summed E-state index contributed by atoms with van der Waals surface area (Å²) in [6, 6.07) is 5.74. The van der Waals surface area contributed by atoms with E-state index in [1.807, 2.05) is 30.5 Å². The normalized spacial score (nSPS) is 12.7. The zero-order valence-electron chi connectivity index (χ0n) is 7.84. The van der Waals surface area contributed by atoms with Crippen LogP contribution in [-0.2, 0) is 0 Å². The second kappa shape index (κ2) is 3.90. The highest BCUT2D eigenvalue weighted by molar-refractivity contribution is 7.10. The van der Waals surface area contributed by atoms with Gasteiger partial charge in [-0.25, -0.2) is 0 Å². The van der Waals surface area contributed by atoms with Crippen molar-refractivity contribution in [1.29, 1.82) is 0 Å². The van der Waals surface area contributed by atoms with Crippen LogP contribution >= 0.6 is 11.3 Å². The molecular formula is C11H11NOS. The molecular weight excluding hydrogens is 194 g/mol. The second-order valence-corrected chi connectivity index (χ2v) is 4.13. The molecule has 0 aliphatic carbocycles. The summed E-state index contributed by atoms with van der Waals surface area (Å²) < 4.78 is 0. The van der Waals surface area contributed by atoms with Crippen molar-refractivity contribution in [3.05, 3.63) is 52.0 Å². The maximum absolute atomic E-state index is 10.0. The summed E-state index contributed by atoms with van der Waals surface area (Å²) in [5, 5.41) is 12.0.